The minimum atomic E-state index is 1.10. The number of anilines is 1. The first-order valence-electron chi connectivity index (χ1n) is 7.04. The SMILES string of the molecule is CN1CCc2cc(-c3cccnc3)cc3c2N(CC3)S1. The molecule has 4 heteroatoms. The Balaban J connectivity index is 1.84. The Morgan fingerprint density at radius 1 is 1.10 bits per heavy atom. The lowest BCUT2D eigenvalue weighted by Crippen LogP contribution is -2.19. The number of likely N-dealkylation sites (N-methyl/N-ethyl adjacent to an activating group) is 1. The quantitative estimate of drug-likeness (QED) is 0.748. The second kappa shape index (κ2) is 4.79. The molecule has 0 spiro atoms. The van der Waals surface area contributed by atoms with Gasteiger partial charge in [-0.15, -0.1) is 0 Å². The summed E-state index contributed by atoms with van der Waals surface area (Å²) in [6, 6.07) is 8.86. The third-order valence-corrected chi connectivity index (χ3v) is 5.05. The van der Waals surface area contributed by atoms with Crippen molar-refractivity contribution in [3.05, 3.63) is 47.8 Å². The molecule has 0 radical (unpaired) electrons. The normalized spacial score (nSPS) is 17.9. The van der Waals surface area contributed by atoms with E-state index < -0.39 is 0 Å². The van der Waals surface area contributed by atoms with Crippen molar-refractivity contribution in [1.82, 2.24) is 9.29 Å². The molecule has 3 nitrogen and oxygen atoms in total. The average Bonchev–Trinajstić information content (AvgIpc) is 2.80. The molecule has 2 aliphatic heterocycles. The van der Waals surface area contributed by atoms with Gasteiger partial charge in [-0.2, -0.15) is 0 Å². The molecule has 2 aromatic rings. The predicted octanol–water partition coefficient (Wildman–Crippen LogP) is 3.16. The summed E-state index contributed by atoms with van der Waals surface area (Å²) < 4.78 is 4.78. The van der Waals surface area contributed by atoms with Gasteiger partial charge in [-0.1, -0.05) is 6.07 Å². The molecule has 0 aliphatic carbocycles. The Morgan fingerprint density at radius 3 is 2.65 bits per heavy atom. The minimum Gasteiger partial charge on any atom is -0.302 e. The van der Waals surface area contributed by atoms with Crippen LogP contribution in [0, 0.1) is 0 Å². The number of rotatable bonds is 1. The summed E-state index contributed by atoms with van der Waals surface area (Å²) in [7, 11) is 2.18. The van der Waals surface area contributed by atoms with E-state index in [-0.39, 0.29) is 0 Å². The molecule has 0 saturated heterocycles. The Kier molecular flexibility index (Phi) is 2.93. The largest absolute Gasteiger partial charge is 0.302 e. The van der Waals surface area contributed by atoms with Crippen molar-refractivity contribution < 1.29 is 0 Å². The molecule has 1 aromatic carbocycles. The van der Waals surface area contributed by atoms with E-state index in [9.17, 15) is 0 Å². The summed E-state index contributed by atoms with van der Waals surface area (Å²) >= 11 is 1.86. The van der Waals surface area contributed by atoms with Gasteiger partial charge in [0.2, 0.25) is 0 Å². The monoisotopic (exact) mass is 283 g/mol. The molecule has 0 atom stereocenters. The molecule has 0 saturated carbocycles. The van der Waals surface area contributed by atoms with Crippen molar-refractivity contribution in [2.45, 2.75) is 12.8 Å². The molecule has 3 heterocycles. The molecule has 102 valence electrons. The van der Waals surface area contributed by atoms with Crippen molar-refractivity contribution in [2.24, 2.45) is 0 Å². The van der Waals surface area contributed by atoms with Crippen LogP contribution in [0.4, 0.5) is 5.69 Å². The van der Waals surface area contributed by atoms with Crippen LogP contribution in [-0.2, 0) is 12.8 Å². The van der Waals surface area contributed by atoms with Gasteiger partial charge in [0.1, 0.15) is 0 Å². The number of pyridine rings is 1. The van der Waals surface area contributed by atoms with E-state index in [1.54, 1.807) is 0 Å². The van der Waals surface area contributed by atoms with Crippen molar-refractivity contribution in [2.75, 3.05) is 24.4 Å². The highest BCUT2D eigenvalue weighted by molar-refractivity contribution is 7.98. The lowest BCUT2D eigenvalue weighted by molar-refractivity contribution is 0.572. The molecule has 20 heavy (non-hydrogen) atoms. The van der Waals surface area contributed by atoms with Crippen molar-refractivity contribution in [3.8, 4) is 11.1 Å². The predicted molar refractivity (Wildman–Crippen MR) is 84.6 cm³/mol. The lowest BCUT2D eigenvalue weighted by atomic mass is 9.97. The van der Waals surface area contributed by atoms with Gasteiger partial charge in [0.15, 0.2) is 0 Å². The Hall–Kier alpha value is -1.52. The fraction of sp³-hybridized carbons (Fsp3) is 0.312. The maximum absolute atomic E-state index is 4.25. The Morgan fingerprint density at radius 2 is 1.90 bits per heavy atom. The first-order valence-corrected chi connectivity index (χ1v) is 7.77. The van der Waals surface area contributed by atoms with Crippen LogP contribution in [0.1, 0.15) is 11.1 Å². The second-order valence-electron chi connectivity index (χ2n) is 5.42. The number of nitrogens with zero attached hydrogens (tertiary/aromatic N) is 3. The van der Waals surface area contributed by atoms with Crippen molar-refractivity contribution in [1.29, 1.82) is 0 Å². The summed E-state index contributed by atoms with van der Waals surface area (Å²) in [5, 5.41) is 0. The van der Waals surface area contributed by atoms with Gasteiger partial charge < -0.3 is 4.31 Å². The second-order valence-corrected chi connectivity index (χ2v) is 6.65. The molecule has 2 aliphatic rings. The number of aromatic nitrogens is 1. The first kappa shape index (κ1) is 12.2. The van der Waals surface area contributed by atoms with Crippen LogP contribution in [0.15, 0.2) is 36.7 Å². The highest BCUT2D eigenvalue weighted by Crippen LogP contribution is 2.41. The smallest absolute Gasteiger partial charge is 0.0547 e. The maximum atomic E-state index is 4.25. The highest BCUT2D eigenvalue weighted by Gasteiger charge is 2.27. The molecular formula is C16H17N3S. The third kappa shape index (κ3) is 2.00. The zero-order valence-electron chi connectivity index (χ0n) is 11.5. The number of hydrogen-bond donors (Lipinski definition) is 0. The standard InChI is InChI=1S/C16H17N3S/c1-18-7-4-12-9-15(14-3-2-6-17-11-14)10-13-5-8-19(20-18)16(12)13/h2-3,6,9-11H,4-5,7-8H2,1H3. The van der Waals surface area contributed by atoms with E-state index in [1.165, 1.54) is 27.9 Å². The Bertz CT molecular complexity index is 642. The van der Waals surface area contributed by atoms with E-state index in [1.807, 2.05) is 30.6 Å². The molecule has 0 bridgehead atoms. The maximum Gasteiger partial charge on any atom is 0.0547 e. The van der Waals surface area contributed by atoms with Crippen LogP contribution in [0.25, 0.3) is 11.1 Å². The molecule has 0 fully saturated rings. The average molecular weight is 283 g/mol. The summed E-state index contributed by atoms with van der Waals surface area (Å²) in [6.07, 6.45) is 6.06. The zero-order chi connectivity index (χ0) is 13.5. The van der Waals surface area contributed by atoms with Crippen LogP contribution < -0.4 is 4.31 Å². The van der Waals surface area contributed by atoms with Gasteiger partial charge in [-0.3, -0.25) is 4.98 Å². The topological polar surface area (TPSA) is 19.4 Å². The summed E-state index contributed by atoms with van der Waals surface area (Å²) in [4.78, 5) is 4.25. The van der Waals surface area contributed by atoms with E-state index in [0.717, 1.165) is 25.9 Å². The van der Waals surface area contributed by atoms with Crippen molar-refractivity contribution >= 4 is 17.8 Å². The summed E-state index contributed by atoms with van der Waals surface area (Å²) in [5.74, 6) is 0. The first-order chi connectivity index (χ1) is 9.81. The molecule has 4 rings (SSSR count). The minimum absolute atomic E-state index is 1.10. The highest BCUT2D eigenvalue weighted by atomic mass is 32.2. The van der Waals surface area contributed by atoms with Gasteiger partial charge >= 0.3 is 0 Å². The van der Waals surface area contributed by atoms with Crippen molar-refractivity contribution in [3.63, 3.8) is 0 Å². The van der Waals surface area contributed by atoms with Gasteiger partial charge in [0.25, 0.3) is 0 Å². The fourth-order valence-electron chi connectivity index (χ4n) is 3.06. The molecule has 0 amide bonds. The molecule has 0 unspecified atom stereocenters. The molecule has 1 aromatic heterocycles. The van der Waals surface area contributed by atoms with Gasteiger partial charge in [0, 0.05) is 43.2 Å². The Labute approximate surface area is 123 Å². The fourth-order valence-corrected chi connectivity index (χ4v) is 4.06. The summed E-state index contributed by atoms with van der Waals surface area (Å²) in [6.45, 7) is 2.22. The van der Waals surface area contributed by atoms with E-state index >= 15 is 0 Å². The van der Waals surface area contributed by atoms with Gasteiger partial charge in [-0.25, -0.2) is 4.31 Å². The third-order valence-electron chi connectivity index (χ3n) is 4.03. The van der Waals surface area contributed by atoms with Crippen LogP contribution in [-0.4, -0.2) is 29.4 Å². The van der Waals surface area contributed by atoms with Crippen LogP contribution in [0.5, 0.6) is 0 Å². The summed E-state index contributed by atoms with van der Waals surface area (Å²) in [5.41, 5.74) is 6.96. The van der Waals surface area contributed by atoms with E-state index in [2.05, 4.69) is 38.8 Å². The van der Waals surface area contributed by atoms with Crippen LogP contribution >= 0.6 is 12.1 Å². The van der Waals surface area contributed by atoms with Crippen LogP contribution in [0.3, 0.4) is 0 Å². The molecule has 0 N–H and O–H groups in total. The molecular weight excluding hydrogens is 266 g/mol. The number of hydrogen-bond acceptors (Lipinski definition) is 4. The van der Waals surface area contributed by atoms with Crippen LogP contribution in [0.2, 0.25) is 0 Å². The number of benzene rings is 1. The van der Waals surface area contributed by atoms with E-state index in [0.29, 0.717) is 0 Å². The van der Waals surface area contributed by atoms with E-state index in [4.69, 9.17) is 0 Å². The van der Waals surface area contributed by atoms with Gasteiger partial charge in [0.05, 0.1) is 5.69 Å². The lowest BCUT2D eigenvalue weighted by Gasteiger charge is -2.21. The zero-order valence-corrected chi connectivity index (χ0v) is 12.4. The van der Waals surface area contributed by atoms with Gasteiger partial charge in [-0.05, 0) is 54.8 Å².